The molecule has 8 heteroatoms. The Morgan fingerprint density at radius 3 is 2.82 bits per heavy atom. The number of rotatable bonds is 4. The highest BCUT2D eigenvalue weighted by molar-refractivity contribution is 5.79. The van der Waals surface area contributed by atoms with Gasteiger partial charge in [0.2, 0.25) is 5.91 Å². The van der Waals surface area contributed by atoms with Crippen LogP contribution in [0.15, 0.2) is 21.9 Å². The molecule has 0 aliphatic heterocycles. The SMILES string of the molecule is CC1(NC(=O)Cn2ccc(=O)[nH]c2=O)CCCCC1C(=O)O. The molecule has 1 aliphatic rings. The van der Waals surface area contributed by atoms with Crippen LogP contribution < -0.4 is 16.6 Å². The van der Waals surface area contributed by atoms with Crippen LogP contribution in [0.1, 0.15) is 32.6 Å². The quantitative estimate of drug-likeness (QED) is 0.704. The first kappa shape index (κ1) is 16.0. The summed E-state index contributed by atoms with van der Waals surface area (Å²) in [4.78, 5) is 48.1. The van der Waals surface area contributed by atoms with Gasteiger partial charge in [-0.25, -0.2) is 4.79 Å². The van der Waals surface area contributed by atoms with E-state index in [1.807, 2.05) is 0 Å². The van der Waals surface area contributed by atoms with Gasteiger partial charge in [-0.1, -0.05) is 12.8 Å². The second kappa shape index (κ2) is 6.17. The largest absolute Gasteiger partial charge is 0.481 e. The van der Waals surface area contributed by atoms with E-state index in [1.165, 1.54) is 6.20 Å². The third kappa shape index (κ3) is 3.44. The minimum atomic E-state index is -0.927. The molecule has 2 rings (SSSR count). The summed E-state index contributed by atoms with van der Waals surface area (Å²) >= 11 is 0. The number of amides is 1. The second-order valence-electron chi connectivity index (χ2n) is 5.84. The van der Waals surface area contributed by atoms with Gasteiger partial charge in [0.1, 0.15) is 6.54 Å². The number of nitrogens with zero attached hydrogens (tertiary/aromatic N) is 1. The summed E-state index contributed by atoms with van der Waals surface area (Å²) in [7, 11) is 0. The van der Waals surface area contributed by atoms with Gasteiger partial charge < -0.3 is 10.4 Å². The molecular formula is C14H19N3O5. The normalized spacial score (nSPS) is 24.7. The smallest absolute Gasteiger partial charge is 0.328 e. The monoisotopic (exact) mass is 309 g/mol. The Kier molecular flexibility index (Phi) is 4.48. The van der Waals surface area contributed by atoms with Crippen LogP contribution in [0.4, 0.5) is 0 Å². The van der Waals surface area contributed by atoms with Crippen molar-refractivity contribution in [2.75, 3.05) is 0 Å². The van der Waals surface area contributed by atoms with Crippen molar-refractivity contribution in [3.05, 3.63) is 33.1 Å². The zero-order chi connectivity index (χ0) is 16.3. The van der Waals surface area contributed by atoms with Crippen molar-refractivity contribution in [2.45, 2.75) is 44.7 Å². The third-order valence-electron chi connectivity index (χ3n) is 4.14. The standard InChI is InChI=1S/C14H19N3O5/c1-14(6-3-2-4-9(14)12(20)21)16-11(19)8-17-7-5-10(18)15-13(17)22/h5,7,9H,2-4,6,8H2,1H3,(H,16,19)(H,20,21)(H,15,18,22). The molecule has 22 heavy (non-hydrogen) atoms. The van der Waals surface area contributed by atoms with Crippen LogP contribution >= 0.6 is 0 Å². The number of H-pyrrole nitrogens is 1. The molecule has 1 saturated carbocycles. The van der Waals surface area contributed by atoms with Crippen LogP contribution in [0, 0.1) is 5.92 Å². The Morgan fingerprint density at radius 1 is 1.45 bits per heavy atom. The van der Waals surface area contributed by atoms with Crippen LogP contribution in [0.3, 0.4) is 0 Å². The number of aromatic amines is 1. The maximum atomic E-state index is 12.1. The molecule has 0 bridgehead atoms. The predicted molar refractivity (Wildman–Crippen MR) is 77.5 cm³/mol. The summed E-state index contributed by atoms with van der Waals surface area (Å²) < 4.78 is 1.07. The molecule has 0 aromatic carbocycles. The van der Waals surface area contributed by atoms with E-state index in [9.17, 15) is 24.3 Å². The highest BCUT2D eigenvalue weighted by atomic mass is 16.4. The Bertz CT molecular complexity index is 692. The molecule has 120 valence electrons. The maximum absolute atomic E-state index is 12.1. The van der Waals surface area contributed by atoms with E-state index in [0.29, 0.717) is 12.8 Å². The number of hydrogen-bond acceptors (Lipinski definition) is 4. The van der Waals surface area contributed by atoms with E-state index in [4.69, 9.17) is 0 Å². The van der Waals surface area contributed by atoms with E-state index < -0.39 is 34.6 Å². The Balaban J connectivity index is 2.11. The van der Waals surface area contributed by atoms with E-state index in [-0.39, 0.29) is 6.54 Å². The van der Waals surface area contributed by atoms with E-state index >= 15 is 0 Å². The molecule has 3 N–H and O–H groups in total. The van der Waals surface area contributed by atoms with E-state index in [2.05, 4.69) is 10.3 Å². The van der Waals surface area contributed by atoms with Crippen LogP contribution in [0.2, 0.25) is 0 Å². The zero-order valence-electron chi connectivity index (χ0n) is 12.3. The van der Waals surface area contributed by atoms with Crippen molar-refractivity contribution in [1.82, 2.24) is 14.9 Å². The molecule has 1 aromatic rings. The number of carboxylic acids is 1. The minimum Gasteiger partial charge on any atom is -0.481 e. The Labute approximate surface area is 126 Å². The Hall–Kier alpha value is -2.38. The van der Waals surface area contributed by atoms with Gasteiger partial charge in [0.25, 0.3) is 5.56 Å². The van der Waals surface area contributed by atoms with Gasteiger partial charge in [0, 0.05) is 12.3 Å². The average Bonchev–Trinajstić information content (AvgIpc) is 2.41. The summed E-state index contributed by atoms with van der Waals surface area (Å²) in [6.45, 7) is 1.45. The number of hydrogen-bond donors (Lipinski definition) is 3. The fourth-order valence-corrected chi connectivity index (χ4v) is 2.96. The first-order chi connectivity index (χ1) is 10.3. The first-order valence-electron chi connectivity index (χ1n) is 7.15. The summed E-state index contributed by atoms with van der Waals surface area (Å²) in [5.74, 6) is -2.02. The van der Waals surface area contributed by atoms with Gasteiger partial charge in [0.05, 0.1) is 11.5 Å². The molecule has 2 unspecified atom stereocenters. The lowest BCUT2D eigenvalue weighted by Gasteiger charge is -2.39. The summed E-state index contributed by atoms with van der Waals surface area (Å²) in [5.41, 5.74) is -2.04. The van der Waals surface area contributed by atoms with Gasteiger partial charge in [-0.2, -0.15) is 0 Å². The molecule has 1 aliphatic carbocycles. The Morgan fingerprint density at radius 2 is 2.18 bits per heavy atom. The minimum absolute atomic E-state index is 0.266. The molecule has 8 nitrogen and oxygen atoms in total. The van der Waals surface area contributed by atoms with Crippen molar-refractivity contribution in [2.24, 2.45) is 5.92 Å². The van der Waals surface area contributed by atoms with Crippen LogP contribution in [0.25, 0.3) is 0 Å². The number of nitrogens with one attached hydrogen (secondary N) is 2. The van der Waals surface area contributed by atoms with Crippen LogP contribution in [-0.2, 0) is 16.1 Å². The lowest BCUT2D eigenvalue weighted by atomic mass is 9.74. The number of aromatic nitrogens is 2. The summed E-state index contributed by atoms with van der Waals surface area (Å²) in [6, 6.07) is 1.15. The zero-order valence-corrected chi connectivity index (χ0v) is 12.3. The van der Waals surface area contributed by atoms with Crippen molar-refractivity contribution in [3.63, 3.8) is 0 Å². The number of carbonyl (C=O) groups excluding carboxylic acids is 1. The number of aliphatic carboxylic acids is 1. The number of carboxylic acid groups (broad SMARTS) is 1. The van der Waals surface area contributed by atoms with Gasteiger partial charge in [-0.05, 0) is 19.8 Å². The molecule has 0 saturated heterocycles. The third-order valence-corrected chi connectivity index (χ3v) is 4.14. The molecule has 0 spiro atoms. The summed E-state index contributed by atoms with van der Waals surface area (Å²) in [6.07, 6.45) is 4.00. The summed E-state index contributed by atoms with van der Waals surface area (Å²) in [5, 5.41) is 12.1. The average molecular weight is 309 g/mol. The van der Waals surface area contributed by atoms with Gasteiger partial charge >= 0.3 is 11.7 Å². The van der Waals surface area contributed by atoms with E-state index in [1.54, 1.807) is 6.92 Å². The molecule has 1 aromatic heterocycles. The second-order valence-corrected chi connectivity index (χ2v) is 5.84. The fourth-order valence-electron chi connectivity index (χ4n) is 2.96. The molecule has 2 atom stereocenters. The lowest BCUT2D eigenvalue weighted by Crippen LogP contribution is -2.56. The predicted octanol–water partition coefficient (Wildman–Crippen LogP) is -0.314. The maximum Gasteiger partial charge on any atom is 0.328 e. The molecule has 1 fully saturated rings. The highest BCUT2D eigenvalue weighted by Crippen LogP contribution is 2.33. The van der Waals surface area contributed by atoms with Gasteiger partial charge in [-0.15, -0.1) is 0 Å². The van der Waals surface area contributed by atoms with Crippen LogP contribution in [0.5, 0.6) is 0 Å². The van der Waals surface area contributed by atoms with Crippen molar-refractivity contribution < 1.29 is 14.7 Å². The van der Waals surface area contributed by atoms with Crippen molar-refractivity contribution in [3.8, 4) is 0 Å². The molecule has 1 heterocycles. The van der Waals surface area contributed by atoms with Crippen molar-refractivity contribution >= 4 is 11.9 Å². The lowest BCUT2D eigenvalue weighted by molar-refractivity contribution is -0.146. The molecule has 0 radical (unpaired) electrons. The fraction of sp³-hybridized carbons (Fsp3) is 0.571. The van der Waals surface area contributed by atoms with Crippen molar-refractivity contribution in [1.29, 1.82) is 0 Å². The molecular weight excluding hydrogens is 290 g/mol. The first-order valence-corrected chi connectivity index (χ1v) is 7.15. The topological polar surface area (TPSA) is 121 Å². The number of carbonyl (C=O) groups is 2. The van der Waals surface area contributed by atoms with Gasteiger partial charge in [0.15, 0.2) is 0 Å². The van der Waals surface area contributed by atoms with E-state index in [0.717, 1.165) is 23.5 Å². The highest BCUT2D eigenvalue weighted by Gasteiger charge is 2.42. The van der Waals surface area contributed by atoms with Crippen LogP contribution in [-0.4, -0.2) is 32.1 Å². The molecule has 1 amide bonds. The van der Waals surface area contributed by atoms with Gasteiger partial charge in [-0.3, -0.25) is 23.9 Å².